The quantitative estimate of drug-likeness (QED) is 0.679. The summed E-state index contributed by atoms with van der Waals surface area (Å²) >= 11 is 7.83. The fourth-order valence-corrected chi connectivity index (χ4v) is 3.97. The number of hydrogen-bond acceptors (Lipinski definition) is 7. The van der Waals surface area contributed by atoms with Crippen molar-refractivity contribution in [3.05, 3.63) is 52.4 Å². The van der Waals surface area contributed by atoms with Crippen molar-refractivity contribution in [2.45, 2.75) is 12.1 Å². The molecule has 2 aliphatic rings. The maximum absolute atomic E-state index is 6.34. The highest BCUT2D eigenvalue weighted by Crippen LogP contribution is 2.38. The summed E-state index contributed by atoms with van der Waals surface area (Å²) in [5.74, 6) is 2.79. The zero-order chi connectivity index (χ0) is 19.1. The number of halogens is 1. The Labute approximate surface area is 170 Å². The van der Waals surface area contributed by atoms with E-state index in [2.05, 4.69) is 15.6 Å². The molecule has 0 amide bonds. The van der Waals surface area contributed by atoms with Gasteiger partial charge in [0.1, 0.15) is 5.75 Å². The molecule has 0 spiro atoms. The average Bonchev–Trinajstić information content (AvgIpc) is 3.35. The normalized spacial score (nSPS) is 14.3. The fraction of sp³-hybridized carbons (Fsp3) is 0.158. The van der Waals surface area contributed by atoms with Crippen LogP contribution in [0.25, 0.3) is 17.1 Å². The van der Waals surface area contributed by atoms with Gasteiger partial charge in [0, 0.05) is 16.5 Å². The van der Waals surface area contributed by atoms with Gasteiger partial charge in [0.05, 0.1) is 17.3 Å². The van der Waals surface area contributed by atoms with Gasteiger partial charge in [0.25, 0.3) is 0 Å². The summed E-state index contributed by atoms with van der Waals surface area (Å²) in [5, 5.41) is 11.9. The Hall–Kier alpha value is -2.84. The third-order valence-electron chi connectivity index (χ3n) is 4.32. The largest absolute Gasteiger partial charge is 0.492 e. The molecule has 0 aliphatic carbocycles. The molecule has 0 radical (unpaired) electrons. The molecular weight excluding hydrogens is 400 g/mol. The van der Waals surface area contributed by atoms with Crippen LogP contribution in [0, 0.1) is 0 Å². The molecule has 0 atom stereocenters. The molecule has 7 nitrogen and oxygen atoms in total. The molecule has 0 fully saturated rings. The van der Waals surface area contributed by atoms with E-state index < -0.39 is 0 Å². The monoisotopic (exact) mass is 414 g/mol. The molecule has 1 aromatic heterocycles. The number of ether oxygens (including phenoxy) is 3. The zero-order valence-corrected chi connectivity index (χ0v) is 16.4. The molecule has 0 saturated carbocycles. The van der Waals surface area contributed by atoms with E-state index in [4.69, 9.17) is 25.8 Å². The van der Waals surface area contributed by atoms with Crippen molar-refractivity contribution < 1.29 is 14.2 Å². The van der Waals surface area contributed by atoms with E-state index in [0.717, 1.165) is 27.7 Å². The smallest absolute Gasteiger partial charge is 0.231 e. The fourth-order valence-electron chi connectivity index (χ4n) is 3.00. The molecule has 1 N–H and O–H groups in total. The predicted molar refractivity (Wildman–Crippen MR) is 107 cm³/mol. The van der Waals surface area contributed by atoms with Gasteiger partial charge in [-0.15, -0.1) is 10.2 Å². The molecule has 142 valence electrons. The zero-order valence-electron chi connectivity index (χ0n) is 14.8. The third kappa shape index (κ3) is 2.94. The van der Waals surface area contributed by atoms with Crippen LogP contribution in [0.5, 0.6) is 17.2 Å². The second kappa shape index (κ2) is 6.96. The number of nitrogens with zero attached hydrogens (tertiary/aromatic N) is 3. The lowest BCUT2D eigenvalue weighted by Crippen LogP contribution is -2.18. The van der Waals surface area contributed by atoms with Gasteiger partial charge in [-0.25, -0.2) is 4.68 Å². The number of aromatic nitrogens is 3. The van der Waals surface area contributed by atoms with Crippen molar-refractivity contribution >= 4 is 29.1 Å². The topological polar surface area (TPSA) is 70.4 Å². The summed E-state index contributed by atoms with van der Waals surface area (Å²) in [5.41, 5.74) is 6.08. The molecule has 9 heteroatoms. The summed E-state index contributed by atoms with van der Waals surface area (Å²) in [6, 6.07) is 11.4. The number of nitrogens with one attached hydrogen (secondary N) is 1. The van der Waals surface area contributed by atoms with Crippen LogP contribution in [-0.2, 0) is 0 Å². The predicted octanol–water partition coefficient (Wildman–Crippen LogP) is 4.37. The summed E-state index contributed by atoms with van der Waals surface area (Å²) in [7, 11) is 0. The van der Waals surface area contributed by atoms with Crippen molar-refractivity contribution in [2.24, 2.45) is 0 Å². The van der Waals surface area contributed by atoms with Crippen LogP contribution < -0.4 is 19.6 Å². The van der Waals surface area contributed by atoms with Crippen LogP contribution in [0.4, 0.5) is 0 Å². The number of fused-ring (bicyclic) bond motifs is 2. The highest BCUT2D eigenvalue weighted by Gasteiger charge is 2.22. The van der Waals surface area contributed by atoms with E-state index in [-0.39, 0.29) is 6.79 Å². The number of rotatable bonds is 4. The van der Waals surface area contributed by atoms with Crippen molar-refractivity contribution in [3.8, 4) is 28.6 Å². The van der Waals surface area contributed by atoms with Crippen molar-refractivity contribution in [3.63, 3.8) is 0 Å². The van der Waals surface area contributed by atoms with Crippen molar-refractivity contribution in [1.29, 1.82) is 0 Å². The van der Waals surface area contributed by atoms with Crippen LogP contribution in [0.2, 0.25) is 5.02 Å². The molecule has 0 bridgehead atoms. The highest BCUT2D eigenvalue weighted by atomic mass is 35.5. The van der Waals surface area contributed by atoms with Gasteiger partial charge in [-0.3, -0.25) is 5.43 Å². The van der Waals surface area contributed by atoms with E-state index in [1.165, 1.54) is 11.8 Å². The first-order valence-corrected chi connectivity index (χ1v) is 9.90. The van der Waals surface area contributed by atoms with Gasteiger partial charge in [0.2, 0.25) is 11.9 Å². The molecule has 3 aromatic rings. The molecule has 3 heterocycles. The van der Waals surface area contributed by atoms with Crippen molar-refractivity contribution in [2.75, 3.05) is 18.8 Å². The summed E-state index contributed by atoms with van der Waals surface area (Å²) in [6.45, 7) is 2.73. The van der Waals surface area contributed by atoms with Crippen LogP contribution >= 0.6 is 23.4 Å². The minimum Gasteiger partial charge on any atom is -0.492 e. The van der Waals surface area contributed by atoms with Crippen LogP contribution in [0.15, 0.2) is 47.0 Å². The Morgan fingerprint density at radius 1 is 1.14 bits per heavy atom. The Bertz CT molecular complexity index is 1100. The van der Waals surface area contributed by atoms with Gasteiger partial charge in [-0.05, 0) is 43.3 Å². The van der Waals surface area contributed by atoms with E-state index in [1.54, 1.807) is 0 Å². The SMILES string of the molecule is CCOc1ccc(C2=CSc3nnc(-c4ccc5c(c4)OCO5)n3N2)cc1Cl. The maximum Gasteiger partial charge on any atom is 0.231 e. The third-order valence-corrected chi connectivity index (χ3v) is 5.45. The summed E-state index contributed by atoms with van der Waals surface area (Å²) < 4.78 is 18.2. The Morgan fingerprint density at radius 2 is 2.00 bits per heavy atom. The number of hydrogen-bond donors (Lipinski definition) is 1. The minimum atomic E-state index is 0.232. The molecule has 5 rings (SSSR count). The van der Waals surface area contributed by atoms with E-state index in [9.17, 15) is 0 Å². The van der Waals surface area contributed by atoms with E-state index in [0.29, 0.717) is 29.0 Å². The lowest BCUT2D eigenvalue weighted by Gasteiger charge is -2.19. The first-order valence-electron chi connectivity index (χ1n) is 8.65. The van der Waals surface area contributed by atoms with Gasteiger partial charge in [-0.1, -0.05) is 23.4 Å². The minimum absolute atomic E-state index is 0.232. The number of benzene rings is 2. The molecule has 0 unspecified atom stereocenters. The summed E-state index contributed by atoms with van der Waals surface area (Å²) in [6.07, 6.45) is 0. The molecule has 2 aromatic carbocycles. The van der Waals surface area contributed by atoms with E-state index >= 15 is 0 Å². The second-order valence-electron chi connectivity index (χ2n) is 6.05. The molecular formula is C19H15ClN4O3S. The number of thioether (sulfide) groups is 1. The van der Waals surface area contributed by atoms with Gasteiger partial charge < -0.3 is 14.2 Å². The maximum atomic E-state index is 6.34. The Kier molecular flexibility index (Phi) is 4.29. The standard InChI is InChI=1S/C19H15ClN4O3S/c1-2-25-15-5-3-11(7-13(15)20)14-9-28-19-22-21-18(24(19)23-14)12-4-6-16-17(8-12)27-10-26-16/h3-9,23H,2,10H2,1H3. The van der Waals surface area contributed by atoms with Crippen molar-refractivity contribution in [1.82, 2.24) is 14.9 Å². The Morgan fingerprint density at radius 3 is 2.86 bits per heavy atom. The van der Waals surface area contributed by atoms with Gasteiger partial charge in [0.15, 0.2) is 17.3 Å². The van der Waals surface area contributed by atoms with Crippen LogP contribution in [0.1, 0.15) is 12.5 Å². The highest BCUT2D eigenvalue weighted by molar-refractivity contribution is 8.02. The summed E-state index contributed by atoms with van der Waals surface area (Å²) in [4.78, 5) is 0. The lowest BCUT2D eigenvalue weighted by molar-refractivity contribution is 0.174. The molecule has 2 aliphatic heterocycles. The first-order chi connectivity index (χ1) is 13.7. The van der Waals surface area contributed by atoms with Gasteiger partial charge >= 0.3 is 0 Å². The van der Waals surface area contributed by atoms with Gasteiger partial charge in [-0.2, -0.15) is 0 Å². The Balaban J connectivity index is 1.46. The lowest BCUT2D eigenvalue weighted by atomic mass is 10.1. The first kappa shape index (κ1) is 17.3. The van der Waals surface area contributed by atoms with Crippen LogP contribution in [0.3, 0.4) is 0 Å². The average molecular weight is 415 g/mol. The van der Waals surface area contributed by atoms with E-state index in [1.807, 2.05) is 53.4 Å². The molecule has 28 heavy (non-hydrogen) atoms. The second-order valence-corrected chi connectivity index (χ2v) is 7.29. The van der Waals surface area contributed by atoms with Crippen LogP contribution in [-0.4, -0.2) is 28.3 Å². The molecule has 0 saturated heterocycles.